The molecule has 4 rings (SSSR count). The van der Waals surface area contributed by atoms with Gasteiger partial charge in [-0.25, -0.2) is 9.18 Å². The van der Waals surface area contributed by atoms with E-state index in [0.717, 1.165) is 5.56 Å². The average Bonchev–Trinajstić information content (AvgIpc) is 2.84. The number of methoxy groups -OCH3 is 1. The number of para-hydroxylation sites is 2. The number of carbonyl (C=O) groups is 2. The molecule has 3 aromatic carbocycles. The van der Waals surface area contributed by atoms with Gasteiger partial charge >= 0.3 is 6.03 Å². The molecule has 0 saturated heterocycles. The van der Waals surface area contributed by atoms with E-state index >= 15 is 0 Å². The number of hydrogen-bond donors (Lipinski definition) is 2. The largest absolute Gasteiger partial charge is 0.497 e. The molecular formula is C25H24FN3O4. The van der Waals surface area contributed by atoms with E-state index in [1.807, 2.05) is 31.2 Å². The highest BCUT2D eigenvalue weighted by Gasteiger charge is 2.34. The van der Waals surface area contributed by atoms with Gasteiger partial charge in [0, 0.05) is 5.69 Å². The number of hydrogen-bond acceptors (Lipinski definition) is 4. The molecule has 0 fully saturated rings. The van der Waals surface area contributed by atoms with Gasteiger partial charge in [-0.3, -0.25) is 9.69 Å². The van der Waals surface area contributed by atoms with Crippen LogP contribution < -0.4 is 25.0 Å². The zero-order chi connectivity index (χ0) is 23.4. The summed E-state index contributed by atoms with van der Waals surface area (Å²) in [5.41, 5.74) is 1.87. The number of nitrogens with one attached hydrogen (secondary N) is 2. The minimum Gasteiger partial charge on any atom is -0.497 e. The molecule has 1 aliphatic rings. The van der Waals surface area contributed by atoms with Crippen molar-refractivity contribution < 1.29 is 23.5 Å². The first-order valence-corrected chi connectivity index (χ1v) is 10.5. The van der Waals surface area contributed by atoms with E-state index in [4.69, 9.17) is 9.47 Å². The number of halogens is 1. The van der Waals surface area contributed by atoms with Gasteiger partial charge in [-0.15, -0.1) is 0 Å². The van der Waals surface area contributed by atoms with Crippen molar-refractivity contribution in [2.24, 2.45) is 0 Å². The fourth-order valence-corrected chi connectivity index (χ4v) is 3.59. The lowest BCUT2D eigenvalue weighted by Gasteiger charge is -2.34. The number of urea groups is 1. The third-order valence-electron chi connectivity index (χ3n) is 5.36. The lowest BCUT2D eigenvalue weighted by atomic mass is 10.1. The van der Waals surface area contributed by atoms with Crippen LogP contribution in [-0.4, -0.2) is 31.7 Å². The van der Waals surface area contributed by atoms with E-state index in [9.17, 15) is 14.0 Å². The zero-order valence-corrected chi connectivity index (χ0v) is 18.2. The first-order chi connectivity index (χ1) is 15.9. The van der Waals surface area contributed by atoms with Crippen molar-refractivity contribution in [3.63, 3.8) is 0 Å². The number of benzene rings is 3. The molecule has 7 nitrogen and oxygen atoms in total. The number of ether oxygens (including phenoxy) is 2. The Bertz CT molecular complexity index is 1150. The highest BCUT2D eigenvalue weighted by atomic mass is 19.1. The molecule has 3 aromatic rings. The smallest absolute Gasteiger partial charge is 0.326 e. The van der Waals surface area contributed by atoms with Gasteiger partial charge in [0.1, 0.15) is 17.3 Å². The van der Waals surface area contributed by atoms with E-state index in [0.29, 0.717) is 22.9 Å². The van der Waals surface area contributed by atoms with Crippen LogP contribution in [-0.2, 0) is 4.79 Å². The standard InChI is InChI=1S/C25H24FN3O4/c1-16(17-6-5-7-20(14-17)32-2)27-24(30)23-15-29(21-8-3-4-9-22(21)33-23)25(31)28-19-12-10-18(26)11-13-19/h3-14,16,23H,15H2,1-2H3,(H,27,30)(H,28,31)/t16-,23?/m1/s1. The van der Waals surface area contributed by atoms with Gasteiger partial charge in [-0.2, -0.15) is 0 Å². The molecule has 0 radical (unpaired) electrons. The molecule has 0 bridgehead atoms. The Labute approximate surface area is 191 Å². The van der Waals surface area contributed by atoms with Crippen molar-refractivity contribution in [1.82, 2.24) is 5.32 Å². The molecule has 2 atom stereocenters. The van der Waals surface area contributed by atoms with E-state index in [-0.39, 0.29) is 18.5 Å². The summed E-state index contributed by atoms with van der Waals surface area (Å²) in [4.78, 5) is 27.5. The van der Waals surface area contributed by atoms with Crippen LogP contribution in [0, 0.1) is 5.82 Å². The van der Waals surface area contributed by atoms with Crippen molar-refractivity contribution in [2.75, 3.05) is 23.9 Å². The quantitative estimate of drug-likeness (QED) is 0.601. The molecule has 0 saturated carbocycles. The van der Waals surface area contributed by atoms with Crippen LogP contribution in [0.5, 0.6) is 11.5 Å². The van der Waals surface area contributed by atoms with Crippen LogP contribution in [0.25, 0.3) is 0 Å². The number of nitrogens with zero attached hydrogens (tertiary/aromatic N) is 1. The maximum Gasteiger partial charge on any atom is 0.326 e. The normalized spacial score (nSPS) is 15.6. The number of carbonyl (C=O) groups excluding carboxylic acids is 2. The SMILES string of the molecule is COc1cccc([C@@H](C)NC(=O)C2CN(C(=O)Nc3ccc(F)cc3)c3ccccc3O2)c1. The second-order valence-electron chi connectivity index (χ2n) is 7.63. The van der Waals surface area contributed by atoms with Gasteiger partial charge in [0.05, 0.1) is 25.4 Å². The van der Waals surface area contributed by atoms with Crippen molar-refractivity contribution >= 4 is 23.3 Å². The van der Waals surface area contributed by atoms with Gasteiger partial charge in [0.25, 0.3) is 5.91 Å². The Morgan fingerprint density at radius 1 is 1.09 bits per heavy atom. The first-order valence-electron chi connectivity index (χ1n) is 10.5. The predicted molar refractivity (Wildman–Crippen MR) is 123 cm³/mol. The van der Waals surface area contributed by atoms with Crippen LogP contribution in [0.3, 0.4) is 0 Å². The van der Waals surface area contributed by atoms with E-state index in [1.165, 1.54) is 29.2 Å². The van der Waals surface area contributed by atoms with Crippen molar-refractivity contribution in [1.29, 1.82) is 0 Å². The molecule has 3 amide bonds. The van der Waals surface area contributed by atoms with Crippen LogP contribution in [0.1, 0.15) is 18.5 Å². The summed E-state index contributed by atoms with van der Waals surface area (Å²) >= 11 is 0. The number of fused-ring (bicyclic) bond motifs is 1. The maximum atomic E-state index is 13.2. The molecule has 2 N–H and O–H groups in total. The van der Waals surface area contributed by atoms with Crippen LogP contribution in [0.4, 0.5) is 20.6 Å². The summed E-state index contributed by atoms with van der Waals surface area (Å²) in [5.74, 6) is 0.373. The lowest BCUT2D eigenvalue weighted by Crippen LogP contribution is -2.52. The van der Waals surface area contributed by atoms with E-state index in [2.05, 4.69) is 10.6 Å². The molecule has 0 spiro atoms. The van der Waals surface area contributed by atoms with E-state index < -0.39 is 18.0 Å². The van der Waals surface area contributed by atoms with Gasteiger partial charge < -0.3 is 20.1 Å². The number of amides is 3. The fraction of sp³-hybridized carbons (Fsp3) is 0.200. The summed E-state index contributed by atoms with van der Waals surface area (Å²) < 4.78 is 24.4. The second kappa shape index (κ2) is 9.60. The van der Waals surface area contributed by atoms with Crippen LogP contribution in [0.2, 0.25) is 0 Å². The molecule has 1 heterocycles. The van der Waals surface area contributed by atoms with Gasteiger partial charge in [-0.1, -0.05) is 24.3 Å². The Kier molecular flexibility index (Phi) is 6.44. The van der Waals surface area contributed by atoms with Crippen molar-refractivity contribution in [3.8, 4) is 11.5 Å². The van der Waals surface area contributed by atoms with Gasteiger partial charge in [-0.05, 0) is 61.0 Å². The molecule has 0 aromatic heterocycles. The lowest BCUT2D eigenvalue weighted by molar-refractivity contribution is -0.128. The van der Waals surface area contributed by atoms with Gasteiger partial charge in [0.15, 0.2) is 6.10 Å². The third-order valence-corrected chi connectivity index (χ3v) is 5.36. The highest BCUT2D eigenvalue weighted by Crippen LogP contribution is 2.34. The van der Waals surface area contributed by atoms with Crippen molar-refractivity contribution in [2.45, 2.75) is 19.1 Å². The fourth-order valence-electron chi connectivity index (χ4n) is 3.59. The van der Waals surface area contributed by atoms with Crippen LogP contribution >= 0.6 is 0 Å². The number of anilines is 2. The first kappa shape index (κ1) is 22.1. The monoisotopic (exact) mass is 449 g/mol. The molecular weight excluding hydrogens is 425 g/mol. The summed E-state index contributed by atoms with van der Waals surface area (Å²) in [7, 11) is 1.58. The summed E-state index contributed by atoms with van der Waals surface area (Å²) in [6, 6.07) is 19.2. The summed E-state index contributed by atoms with van der Waals surface area (Å²) in [5, 5.41) is 5.68. The average molecular weight is 449 g/mol. The molecule has 0 aliphatic carbocycles. The highest BCUT2D eigenvalue weighted by molar-refractivity contribution is 6.04. The zero-order valence-electron chi connectivity index (χ0n) is 18.2. The minimum atomic E-state index is -0.910. The Morgan fingerprint density at radius 2 is 1.85 bits per heavy atom. The predicted octanol–water partition coefficient (Wildman–Crippen LogP) is 4.51. The third kappa shape index (κ3) is 5.06. The van der Waals surface area contributed by atoms with Gasteiger partial charge in [0.2, 0.25) is 0 Å². The molecule has 33 heavy (non-hydrogen) atoms. The second-order valence-corrected chi connectivity index (χ2v) is 7.63. The Morgan fingerprint density at radius 3 is 2.61 bits per heavy atom. The summed E-state index contributed by atoms with van der Waals surface area (Å²) in [6.07, 6.45) is -0.910. The molecule has 170 valence electrons. The Balaban J connectivity index is 1.50. The minimum absolute atomic E-state index is 0.0146. The molecule has 1 unspecified atom stereocenters. The maximum absolute atomic E-state index is 13.2. The molecule has 8 heteroatoms. The molecule has 1 aliphatic heterocycles. The summed E-state index contributed by atoms with van der Waals surface area (Å²) in [6.45, 7) is 1.88. The van der Waals surface area contributed by atoms with Crippen LogP contribution in [0.15, 0.2) is 72.8 Å². The van der Waals surface area contributed by atoms with E-state index in [1.54, 1.807) is 31.4 Å². The topological polar surface area (TPSA) is 79.9 Å². The Hall–Kier alpha value is -4.07. The number of rotatable bonds is 5. The van der Waals surface area contributed by atoms with Crippen molar-refractivity contribution in [3.05, 3.63) is 84.2 Å².